The van der Waals surface area contributed by atoms with Crippen molar-refractivity contribution in [2.75, 3.05) is 12.4 Å². The van der Waals surface area contributed by atoms with Crippen LogP contribution in [0.3, 0.4) is 0 Å². The van der Waals surface area contributed by atoms with Gasteiger partial charge >= 0.3 is 0 Å². The Hall–Kier alpha value is -1.62. The zero-order chi connectivity index (χ0) is 13.0. The van der Waals surface area contributed by atoms with Crippen LogP contribution in [0.1, 0.15) is 11.1 Å². The highest BCUT2D eigenvalue weighted by Crippen LogP contribution is 2.25. The van der Waals surface area contributed by atoms with Gasteiger partial charge in [-0.3, -0.25) is 0 Å². The van der Waals surface area contributed by atoms with E-state index in [2.05, 4.69) is 15.3 Å². The Morgan fingerprint density at radius 2 is 2.11 bits per heavy atom. The number of hydrogen-bond acceptors (Lipinski definition) is 4. The van der Waals surface area contributed by atoms with Crippen molar-refractivity contribution in [1.29, 1.82) is 0 Å². The molecule has 0 fully saturated rings. The summed E-state index contributed by atoms with van der Waals surface area (Å²) in [6.45, 7) is 2.05. The molecule has 0 saturated heterocycles. The molecule has 0 saturated carbocycles. The Morgan fingerprint density at radius 3 is 2.83 bits per heavy atom. The van der Waals surface area contributed by atoms with E-state index in [4.69, 9.17) is 0 Å². The van der Waals surface area contributed by atoms with Crippen LogP contribution in [0.4, 0.5) is 10.3 Å². The Bertz CT molecular complexity index is 546. The molecule has 2 rings (SSSR count). The molecule has 0 radical (unpaired) electrons. The van der Waals surface area contributed by atoms with Crippen LogP contribution in [0, 0.1) is 12.7 Å². The van der Waals surface area contributed by atoms with Crippen LogP contribution in [0.5, 0.6) is 0 Å². The maximum atomic E-state index is 13.5. The van der Waals surface area contributed by atoms with E-state index >= 15 is 0 Å². The van der Waals surface area contributed by atoms with Crippen LogP contribution in [0.25, 0.3) is 0 Å². The van der Waals surface area contributed by atoms with Gasteiger partial charge < -0.3 is 5.32 Å². The van der Waals surface area contributed by atoms with Crippen molar-refractivity contribution >= 4 is 17.7 Å². The maximum Gasteiger partial charge on any atom is 0.223 e. The van der Waals surface area contributed by atoms with Gasteiger partial charge in [0.2, 0.25) is 5.95 Å². The summed E-state index contributed by atoms with van der Waals surface area (Å²) in [5, 5.41) is 3.17. The topological polar surface area (TPSA) is 37.8 Å². The zero-order valence-electron chi connectivity index (χ0n) is 10.3. The monoisotopic (exact) mass is 263 g/mol. The molecule has 0 aliphatic heterocycles. The van der Waals surface area contributed by atoms with Gasteiger partial charge in [-0.2, -0.15) is 0 Å². The number of benzene rings is 1. The molecule has 18 heavy (non-hydrogen) atoms. The van der Waals surface area contributed by atoms with Crippen molar-refractivity contribution < 1.29 is 4.39 Å². The predicted molar refractivity (Wildman–Crippen MR) is 72.3 cm³/mol. The first-order valence-electron chi connectivity index (χ1n) is 5.58. The summed E-state index contributed by atoms with van der Waals surface area (Å²) in [4.78, 5) is 7.92. The summed E-state index contributed by atoms with van der Waals surface area (Å²) in [7, 11) is 1.71. The molecule has 3 nitrogen and oxygen atoms in total. The van der Waals surface area contributed by atoms with E-state index in [0.29, 0.717) is 16.7 Å². The number of anilines is 1. The molecule has 0 bridgehead atoms. The summed E-state index contributed by atoms with van der Waals surface area (Å²) in [6.07, 6.45) is 1.19. The average molecular weight is 263 g/mol. The minimum absolute atomic E-state index is 0.373. The number of thioether (sulfide) groups is 1. The molecule has 0 unspecified atom stereocenters. The van der Waals surface area contributed by atoms with Gasteiger partial charge in [-0.25, -0.2) is 14.4 Å². The number of rotatable bonds is 4. The number of hydrogen-bond donors (Lipinski definition) is 1. The van der Waals surface area contributed by atoms with E-state index in [1.807, 2.05) is 31.2 Å². The number of aromatic nitrogens is 2. The highest BCUT2D eigenvalue weighted by Gasteiger charge is 2.08. The van der Waals surface area contributed by atoms with Crippen LogP contribution in [-0.4, -0.2) is 17.0 Å². The highest BCUT2D eigenvalue weighted by molar-refractivity contribution is 7.98. The second kappa shape index (κ2) is 5.82. The summed E-state index contributed by atoms with van der Waals surface area (Å²) < 4.78 is 13.5. The number of aryl methyl sites for hydroxylation is 1. The molecule has 5 heteroatoms. The van der Waals surface area contributed by atoms with Gasteiger partial charge in [-0.05, 0) is 18.1 Å². The van der Waals surface area contributed by atoms with Crippen molar-refractivity contribution in [3.05, 3.63) is 47.4 Å². The molecule has 0 atom stereocenters. The molecular weight excluding hydrogens is 249 g/mol. The average Bonchev–Trinajstić information content (AvgIpc) is 2.39. The molecule has 0 spiro atoms. The fourth-order valence-electron chi connectivity index (χ4n) is 1.49. The van der Waals surface area contributed by atoms with E-state index in [0.717, 1.165) is 0 Å². The minimum atomic E-state index is -0.382. The van der Waals surface area contributed by atoms with Gasteiger partial charge in [0, 0.05) is 12.8 Å². The van der Waals surface area contributed by atoms with Crippen molar-refractivity contribution in [3.63, 3.8) is 0 Å². The number of nitrogens with one attached hydrogen (secondary N) is 1. The van der Waals surface area contributed by atoms with E-state index in [1.165, 1.54) is 29.1 Å². The van der Waals surface area contributed by atoms with Crippen LogP contribution < -0.4 is 5.32 Å². The van der Waals surface area contributed by atoms with Gasteiger partial charge in [-0.15, -0.1) is 0 Å². The third-order valence-corrected chi connectivity index (χ3v) is 3.58. The van der Waals surface area contributed by atoms with Gasteiger partial charge in [0.05, 0.1) is 6.20 Å². The van der Waals surface area contributed by atoms with E-state index in [-0.39, 0.29) is 5.82 Å². The molecule has 1 N–H and O–H groups in total. The Balaban J connectivity index is 2.13. The largest absolute Gasteiger partial charge is 0.357 e. The van der Waals surface area contributed by atoms with Crippen LogP contribution in [0.2, 0.25) is 0 Å². The standard InChI is InChI=1S/C13H14FN3S/c1-9-5-3-4-6-10(9)8-18-12-11(14)7-16-13(15-2)17-12/h3-7H,8H2,1-2H3,(H,15,16,17). The molecule has 1 aromatic carbocycles. The smallest absolute Gasteiger partial charge is 0.223 e. The Morgan fingerprint density at radius 1 is 1.33 bits per heavy atom. The van der Waals surface area contributed by atoms with Gasteiger partial charge in [0.1, 0.15) is 5.03 Å². The summed E-state index contributed by atoms with van der Waals surface area (Å²) in [5.41, 5.74) is 2.39. The van der Waals surface area contributed by atoms with Crippen molar-refractivity contribution in [2.45, 2.75) is 17.7 Å². The lowest BCUT2D eigenvalue weighted by molar-refractivity contribution is 0.580. The van der Waals surface area contributed by atoms with E-state index in [9.17, 15) is 4.39 Å². The Kier molecular flexibility index (Phi) is 4.15. The fourth-order valence-corrected chi connectivity index (χ4v) is 2.45. The second-order valence-electron chi connectivity index (χ2n) is 3.81. The lowest BCUT2D eigenvalue weighted by Crippen LogP contribution is -1.99. The molecule has 0 aliphatic carbocycles. The lowest BCUT2D eigenvalue weighted by atomic mass is 10.1. The third kappa shape index (κ3) is 2.98. The SMILES string of the molecule is CNc1ncc(F)c(SCc2ccccc2C)n1. The highest BCUT2D eigenvalue weighted by atomic mass is 32.2. The fraction of sp³-hybridized carbons (Fsp3) is 0.231. The third-order valence-electron chi connectivity index (χ3n) is 2.56. The van der Waals surface area contributed by atoms with E-state index < -0.39 is 0 Å². The predicted octanol–water partition coefficient (Wildman–Crippen LogP) is 3.26. The summed E-state index contributed by atoms with van der Waals surface area (Å²) in [5.74, 6) is 0.750. The first kappa shape index (κ1) is 12.8. The number of halogens is 1. The van der Waals surface area contributed by atoms with Gasteiger partial charge in [0.15, 0.2) is 5.82 Å². The summed E-state index contributed by atoms with van der Waals surface area (Å²) >= 11 is 1.38. The first-order valence-corrected chi connectivity index (χ1v) is 6.57. The quantitative estimate of drug-likeness (QED) is 0.678. The molecule has 0 amide bonds. The molecule has 2 aromatic rings. The molecule has 1 aromatic heterocycles. The van der Waals surface area contributed by atoms with Crippen molar-refractivity contribution in [3.8, 4) is 0 Å². The molecule has 94 valence electrons. The second-order valence-corrected chi connectivity index (χ2v) is 4.78. The Labute approximate surface area is 110 Å². The van der Waals surface area contributed by atoms with Crippen molar-refractivity contribution in [1.82, 2.24) is 9.97 Å². The summed E-state index contributed by atoms with van der Waals surface area (Å²) in [6, 6.07) is 8.07. The zero-order valence-corrected chi connectivity index (χ0v) is 11.1. The van der Waals surface area contributed by atoms with Crippen molar-refractivity contribution in [2.24, 2.45) is 0 Å². The minimum Gasteiger partial charge on any atom is -0.357 e. The molecule has 1 heterocycles. The molecule has 0 aliphatic rings. The lowest BCUT2D eigenvalue weighted by Gasteiger charge is -2.06. The normalized spacial score (nSPS) is 10.4. The van der Waals surface area contributed by atoms with Gasteiger partial charge in [-0.1, -0.05) is 36.0 Å². The van der Waals surface area contributed by atoms with Crippen LogP contribution >= 0.6 is 11.8 Å². The molecular formula is C13H14FN3S. The van der Waals surface area contributed by atoms with E-state index in [1.54, 1.807) is 7.05 Å². The number of nitrogens with zero attached hydrogens (tertiary/aromatic N) is 2. The van der Waals surface area contributed by atoms with Gasteiger partial charge in [0.25, 0.3) is 0 Å². The first-order chi connectivity index (χ1) is 8.70. The van der Waals surface area contributed by atoms with Crippen LogP contribution in [-0.2, 0) is 5.75 Å². The maximum absolute atomic E-state index is 13.5. The van der Waals surface area contributed by atoms with Crippen LogP contribution in [0.15, 0.2) is 35.5 Å².